The first-order chi connectivity index (χ1) is 6.68. The van der Waals surface area contributed by atoms with Crippen LogP contribution < -0.4 is 0 Å². The van der Waals surface area contributed by atoms with Gasteiger partial charge in [0, 0.05) is 11.3 Å². The first kappa shape index (κ1) is 9.46. The second-order valence-corrected chi connectivity index (χ2v) is 4.11. The molecular formula is C10H10ClNO2. The molecule has 4 heteroatoms. The second-order valence-electron chi connectivity index (χ2n) is 3.55. The van der Waals surface area contributed by atoms with E-state index in [1.165, 1.54) is 0 Å². The summed E-state index contributed by atoms with van der Waals surface area (Å²) >= 11 is 5.96. The molecule has 14 heavy (non-hydrogen) atoms. The minimum atomic E-state index is -0.633. The number of hydrogen-bond donors (Lipinski definition) is 0. The van der Waals surface area contributed by atoms with Crippen LogP contribution in [0.4, 0.5) is 0 Å². The molecule has 0 saturated heterocycles. The van der Waals surface area contributed by atoms with Crippen LogP contribution >= 0.6 is 11.6 Å². The van der Waals surface area contributed by atoms with E-state index in [0.717, 1.165) is 11.1 Å². The molecule has 74 valence electrons. The van der Waals surface area contributed by atoms with Gasteiger partial charge in [-0.15, -0.1) is 11.6 Å². The van der Waals surface area contributed by atoms with Gasteiger partial charge in [0.25, 0.3) is 0 Å². The van der Waals surface area contributed by atoms with Crippen molar-refractivity contribution in [2.24, 2.45) is 0 Å². The zero-order valence-electron chi connectivity index (χ0n) is 7.52. The third-order valence-corrected chi connectivity index (χ3v) is 3.10. The maximum atomic E-state index is 10.7. The molecule has 0 spiro atoms. The maximum absolute atomic E-state index is 10.7. The number of nitrogens with zero attached hydrogens (tertiary/aromatic N) is 1. The van der Waals surface area contributed by atoms with E-state index in [1.807, 2.05) is 24.3 Å². The van der Waals surface area contributed by atoms with Gasteiger partial charge in [-0.25, -0.2) is 0 Å². The third-order valence-electron chi connectivity index (χ3n) is 2.65. The van der Waals surface area contributed by atoms with Gasteiger partial charge < -0.3 is 0 Å². The molecule has 1 aromatic rings. The van der Waals surface area contributed by atoms with Crippen LogP contribution in [0.2, 0.25) is 0 Å². The Hall–Kier alpha value is -1.09. The van der Waals surface area contributed by atoms with E-state index in [-0.39, 0.29) is 10.3 Å². The lowest BCUT2D eigenvalue weighted by molar-refractivity contribution is -0.522. The molecule has 2 rings (SSSR count). The van der Waals surface area contributed by atoms with Crippen molar-refractivity contribution in [1.29, 1.82) is 0 Å². The Kier molecular flexibility index (Phi) is 2.42. The van der Waals surface area contributed by atoms with Crippen LogP contribution in [-0.4, -0.2) is 16.3 Å². The van der Waals surface area contributed by atoms with E-state index in [9.17, 15) is 10.1 Å². The fourth-order valence-electron chi connectivity index (χ4n) is 1.86. The zero-order chi connectivity index (χ0) is 10.1. The second kappa shape index (κ2) is 3.58. The number of halogens is 1. The van der Waals surface area contributed by atoms with Crippen molar-refractivity contribution in [2.75, 3.05) is 0 Å². The van der Waals surface area contributed by atoms with Gasteiger partial charge in [-0.2, -0.15) is 0 Å². The van der Waals surface area contributed by atoms with E-state index < -0.39 is 6.04 Å². The lowest BCUT2D eigenvalue weighted by atomic mass is 9.88. The number of alkyl halides is 1. The minimum absolute atomic E-state index is 0.270. The highest BCUT2D eigenvalue weighted by atomic mass is 35.5. The Balaban J connectivity index is 2.31. The number of rotatable bonds is 1. The van der Waals surface area contributed by atoms with Crippen molar-refractivity contribution >= 4 is 11.6 Å². The Bertz CT molecular complexity index is 367. The smallest absolute Gasteiger partial charge is 0.233 e. The molecule has 2 unspecified atom stereocenters. The predicted octanol–water partition coefficient (Wildman–Crippen LogP) is 2.04. The van der Waals surface area contributed by atoms with Crippen LogP contribution in [0.25, 0.3) is 0 Å². The van der Waals surface area contributed by atoms with E-state index in [4.69, 9.17) is 11.6 Å². The Labute approximate surface area is 86.8 Å². The first-order valence-electron chi connectivity index (χ1n) is 4.53. The quantitative estimate of drug-likeness (QED) is 0.405. The van der Waals surface area contributed by atoms with Crippen molar-refractivity contribution in [3.63, 3.8) is 0 Å². The lowest BCUT2D eigenvalue weighted by Gasteiger charge is -2.23. The standard InChI is InChI=1S/C10H10ClNO2/c11-9-5-7-3-1-2-4-8(7)6-10(9)12(13)14/h1-4,9-10H,5-6H2. The van der Waals surface area contributed by atoms with Crippen LogP contribution in [0, 0.1) is 10.1 Å². The summed E-state index contributed by atoms with van der Waals surface area (Å²) < 4.78 is 0. The maximum Gasteiger partial charge on any atom is 0.233 e. The number of benzene rings is 1. The summed E-state index contributed by atoms with van der Waals surface area (Å²) in [5.74, 6) is 0. The van der Waals surface area contributed by atoms with Gasteiger partial charge in [0.15, 0.2) is 0 Å². The summed E-state index contributed by atoms with van der Waals surface area (Å²) in [6.45, 7) is 0. The topological polar surface area (TPSA) is 43.1 Å². The fourth-order valence-corrected chi connectivity index (χ4v) is 2.21. The number of hydrogen-bond acceptors (Lipinski definition) is 2. The van der Waals surface area contributed by atoms with E-state index in [1.54, 1.807) is 0 Å². The molecular weight excluding hydrogens is 202 g/mol. The zero-order valence-corrected chi connectivity index (χ0v) is 8.28. The molecule has 0 amide bonds. The molecule has 0 heterocycles. The van der Waals surface area contributed by atoms with Gasteiger partial charge in [0.05, 0.1) is 0 Å². The monoisotopic (exact) mass is 211 g/mol. The van der Waals surface area contributed by atoms with Crippen molar-refractivity contribution in [3.8, 4) is 0 Å². The summed E-state index contributed by atoms with van der Waals surface area (Å²) in [7, 11) is 0. The van der Waals surface area contributed by atoms with E-state index >= 15 is 0 Å². The van der Waals surface area contributed by atoms with Gasteiger partial charge in [-0.05, 0) is 17.5 Å². The van der Waals surface area contributed by atoms with Crippen molar-refractivity contribution in [1.82, 2.24) is 0 Å². The lowest BCUT2D eigenvalue weighted by Crippen LogP contribution is -2.37. The molecule has 0 N–H and O–H groups in total. The van der Waals surface area contributed by atoms with Crippen LogP contribution in [0.15, 0.2) is 24.3 Å². The molecule has 0 radical (unpaired) electrons. The van der Waals surface area contributed by atoms with E-state index in [2.05, 4.69) is 0 Å². The fraction of sp³-hybridized carbons (Fsp3) is 0.400. The minimum Gasteiger partial charge on any atom is -0.264 e. The SMILES string of the molecule is O=[N+]([O-])C1Cc2ccccc2CC1Cl. The highest BCUT2D eigenvalue weighted by molar-refractivity contribution is 6.21. The van der Waals surface area contributed by atoms with Gasteiger partial charge >= 0.3 is 0 Å². The van der Waals surface area contributed by atoms with Crippen LogP contribution in [0.1, 0.15) is 11.1 Å². The van der Waals surface area contributed by atoms with Crippen LogP contribution in [0.5, 0.6) is 0 Å². The molecule has 0 aliphatic heterocycles. The molecule has 3 nitrogen and oxygen atoms in total. The summed E-state index contributed by atoms with van der Waals surface area (Å²) in [5, 5.41) is 10.3. The third kappa shape index (κ3) is 1.60. The van der Waals surface area contributed by atoms with Crippen molar-refractivity contribution < 1.29 is 4.92 Å². The predicted molar refractivity (Wildman–Crippen MR) is 54.3 cm³/mol. The number of nitro groups is 1. The molecule has 0 saturated carbocycles. The highest BCUT2D eigenvalue weighted by Crippen LogP contribution is 2.26. The Morgan fingerprint density at radius 3 is 2.43 bits per heavy atom. The molecule has 0 bridgehead atoms. The average molecular weight is 212 g/mol. The van der Waals surface area contributed by atoms with Gasteiger partial charge in [0.1, 0.15) is 5.38 Å². The molecule has 1 aliphatic carbocycles. The summed E-state index contributed by atoms with van der Waals surface area (Å²) in [6.07, 6.45) is 1.06. The highest BCUT2D eigenvalue weighted by Gasteiger charge is 2.34. The largest absolute Gasteiger partial charge is 0.264 e. The van der Waals surface area contributed by atoms with E-state index in [0.29, 0.717) is 12.8 Å². The number of fused-ring (bicyclic) bond motifs is 1. The molecule has 1 aliphatic rings. The summed E-state index contributed by atoms with van der Waals surface area (Å²) in [5.41, 5.74) is 2.21. The van der Waals surface area contributed by atoms with Gasteiger partial charge in [0.2, 0.25) is 6.04 Å². The van der Waals surface area contributed by atoms with Crippen molar-refractivity contribution in [2.45, 2.75) is 24.3 Å². The average Bonchev–Trinajstić information content (AvgIpc) is 2.16. The van der Waals surface area contributed by atoms with Crippen molar-refractivity contribution in [3.05, 3.63) is 45.5 Å². The molecule has 0 fully saturated rings. The Morgan fingerprint density at radius 1 is 1.29 bits per heavy atom. The molecule has 1 aromatic carbocycles. The van der Waals surface area contributed by atoms with Crippen LogP contribution in [-0.2, 0) is 12.8 Å². The first-order valence-corrected chi connectivity index (χ1v) is 4.96. The Morgan fingerprint density at radius 2 is 1.86 bits per heavy atom. The summed E-state index contributed by atoms with van der Waals surface area (Å²) in [6, 6.07) is 7.14. The normalized spacial score (nSPS) is 25.5. The van der Waals surface area contributed by atoms with Gasteiger partial charge in [-0.3, -0.25) is 10.1 Å². The van der Waals surface area contributed by atoms with Crippen LogP contribution in [0.3, 0.4) is 0 Å². The molecule has 0 aromatic heterocycles. The summed E-state index contributed by atoms with van der Waals surface area (Å²) in [4.78, 5) is 10.4. The van der Waals surface area contributed by atoms with Gasteiger partial charge in [-0.1, -0.05) is 24.3 Å². The molecule has 2 atom stereocenters.